The second-order valence-corrected chi connectivity index (χ2v) is 8.57. The lowest BCUT2D eigenvalue weighted by atomic mass is 10.0. The summed E-state index contributed by atoms with van der Waals surface area (Å²) in [5.74, 6) is 1.83. The minimum atomic E-state index is -0.480. The molecule has 3 heterocycles. The Balaban J connectivity index is 1.35. The van der Waals surface area contributed by atoms with Crippen molar-refractivity contribution in [2.45, 2.75) is 39.8 Å². The predicted octanol–water partition coefficient (Wildman–Crippen LogP) is 6.14. The molecule has 30 heavy (non-hydrogen) atoms. The second-order valence-electron chi connectivity index (χ2n) is 7.33. The first-order chi connectivity index (χ1) is 14.7. The van der Waals surface area contributed by atoms with Crippen LogP contribution in [0.25, 0.3) is 21.5 Å². The van der Waals surface area contributed by atoms with Gasteiger partial charge in [0.1, 0.15) is 23.1 Å². The summed E-state index contributed by atoms with van der Waals surface area (Å²) in [5.41, 5.74) is 3.80. The Kier molecular flexibility index (Phi) is 6.33. The Morgan fingerprint density at radius 3 is 2.53 bits per heavy atom. The highest BCUT2D eigenvalue weighted by Gasteiger charge is 2.09. The molecular formula is C24H25FN4S. The quantitative estimate of drug-likeness (QED) is 0.348. The van der Waals surface area contributed by atoms with Gasteiger partial charge < -0.3 is 5.32 Å². The maximum atomic E-state index is 12.6. The SMILES string of the molecule is CCc1nc(NCCCc2ccc(-c3ccc(CF)cn3)cc2)c2cc(C)sc2n1. The summed E-state index contributed by atoms with van der Waals surface area (Å²) in [6.45, 7) is 4.57. The third-order valence-corrected chi connectivity index (χ3v) is 5.99. The van der Waals surface area contributed by atoms with Gasteiger partial charge in [-0.05, 0) is 37.5 Å². The number of nitrogens with one attached hydrogen (secondary N) is 1. The zero-order valence-corrected chi connectivity index (χ0v) is 18.1. The first kappa shape index (κ1) is 20.4. The first-order valence-corrected chi connectivity index (χ1v) is 11.1. The molecule has 0 aliphatic rings. The monoisotopic (exact) mass is 420 g/mol. The average Bonchev–Trinajstić information content (AvgIpc) is 3.17. The van der Waals surface area contributed by atoms with Crippen molar-refractivity contribution in [2.75, 3.05) is 11.9 Å². The van der Waals surface area contributed by atoms with E-state index in [9.17, 15) is 4.39 Å². The lowest BCUT2D eigenvalue weighted by Crippen LogP contribution is -2.07. The lowest BCUT2D eigenvalue weighted by Gasteiger charge is -2.09. The van der Waals surface area contributed by atoms with E-state index in [0.717, 1.165) is 58.9 Å². The summed E-state index contributed by atoms with van der Waals surface area (Å²) in [6, 6.07) is 14.2. The van der Waals surface area contributed by atoms with Crippen LogP contribution in [0.15, 0.2) is 48.7 Å². The van der Waals surface area contributed by atoms with Gasteiger partial charge in [0.25, 0.3) is 0 Å². The third kappa shape index (κ3) is 4.65. The van der Waals surface area contributed by atoms with Crippen LogP contribution in [0.2, 0.25) is 0 Å². The molecule has 0 radical (unpaired) electrons. The van der Waals surface area contributed by atoms with Crippen LogP contribution in [-0.4, -0.2) is 21.5 Å². The number of aromatic nitrogens is 3. The van der Waals surface area contributed by atoms with Crippen molar-refractivity contribution >= 4 is 27.4 Å². The number of thiophene rings is 1. The van der Waals surface area contributed by atoms with Crippen molar-refractivity contribution in [3.8, 4) is 11.3 Å². The number of benzene rings is 1. The number of pyridine rings is 1. The van der Waals surface area contributed by atoms with E-state index in [4.69, 9.17) is 0 Å². The highest BCUT2D eigenvalue weighted by atomic mass is 32.1. The summed E-state index contributed by atoms with van der Waals surface area (Å²) >= 11 is 1.72. The third-order valence-electron chi connectivity index (χ3n) is 5.04. The van der Waals surface area contributed by atoms with E-state index in [0.29, 0.717) is 5.56 Å². The van der Waals surface area contributed by atoms with E-state index in [1.54, 1.807) is 23.6 Å². The van der Waals surface area contributed by atoms with Crippen LogP contribution >= 0.6 is 11.3 Å². The molecule has 1 aromatic carbocycles. The number of aryl methyl sites for hydroxylation is 3. The Morgan fingerprint density at radius 2 is 1.83 bits per heavy atom. The van der Waals surface area contributed by atoms with E-state index in [1.807, 2.05) is 6.07 Å². The Hall–Kier alpha value is -2.86. The molecule has 0 saturated carbocycles. The number of anilines is 1. The van der Waals surface area contributed by atoms with Crippen molar-refractivity contribution < 1.29 is 4.39 Å². The van der Waals surface area contributed by atoms with Gasteiger partial charge in [0.05, 0.1) is 11.1 Å². The number of nitrogens with zero attached hydrogens (tertiary/aromatic N) is 3. The van der Waals surface area contributed by atoms with Gasteiger partial charge in [-0.15, -0.1) is 11.3 Å². The molecule has 4 aromatic rings. The molecule has 0 bridgehead atoms. The minimum absolute atomic E-state index is 0.480. The molecule has 0 aliphatic heterocycles. The summed E-state index contributed by atoms with van der Waals surface area (Å²) in [7, 11) is 0. The number of rotatable bonds is 8. The number of halogens is 1. The van der Waals surface area contributed by atoms with Crippen LogP contribution in [0.1, 0.15) is 35.2 Å². The molecule has 0 atom stereocenters. The van der Waals surface area contributed by atoms with E-state index in [1.165, 1.54) is 10.4 Å². The second kappa shape index (κ2) is 9.30. The molecule has 3 aromatic heterocycles. The zero-order chi connectivity index (χ0) is 20.9. The summed E-state index contributed by atoms with van der Waals surface area (Å²) < 4.78 is 12.6. The number of hydrogen-bond donors (Lipinski definition) is 1. The molecule has 0 fully saturated rings. The van der Waals surface area contributed by atoms with Gasteiger partial charge in [0.15, 0.2) is 0 Å². The topological polar surface area (TPSA) is 50.7 Å². The van der Waals surface area contributed by atoms with Gasteiger partial charge in [0.2, 0.25) is 0 Å². The molecule has 4 rings (SSSR count). The van der Waals surface area contributed by atoms with Crippen LogP contribution in [0, 0.1) is 6.92 Å². The molecule has 0 saturated heterocycles. The molecule has 6 heteroatoms. The van der Waals surface area contributed by atoms with Crippen molar-refractivity contribution in [3.63, 3.8) is 0 Å². The maximum Gasteiger partial charge on any atom is 0.138 e. The molecule has 4 nitrogen and oxygen atoms in total. The Bertz CT molecular complexity index is 1120. The van der Waals surface area contributed by atoms with Gasteiger partial charge in [-0.25, -0.2) is 14.4 Å². The highest BCUT2D eigenvalue weighted by molar-refractivity contribution is 7.18. The molecule has 0 unspecified atom stereocenters. The Labute approximate surface area is 180 Å². The van der Waals surface area contributed by atoms with Gasteiger partial charge in [-0.2, -0.15) is 0 Å². The zero-order valence-electron chi connectivity index (χ0n) is 17.3. The van der Waals surface area contributed by atoms with E-state index >= 15 is 0 Å². The van der Waals surface area contributed by atoms with Crippen LogP contribution in [0.3, 0.4) is 0 Å². The smallest absolute Gasteiger partial charge is 0.138 e. The van der Waals surface area contributed by atoms with Crippen molar-refractivity contribution in [1.82, 2.24) is 15.0 Å². The molecule has 0 aliphatic carbocycles. The van der Waals surface area contributed by atoms with Crippen LogP contribution in [0.5, 0.6) is 0 Å². The molecule has 0 amide bonds. The van der Waals surface area contributed by atoms with Crippen molar-refractivity contribution in [1.29, 1.82) is 0 Å². The summed E-state index contributed by atoms with van der Waals surface area (Å²) in [5, 5.41) is 4.62. The maximum absolute atomic E-state index is 12.6. The fraction of sp³-hybridized carbons (Fsp3) is 0.292. The standard InChI is InChI=1S/C24H25FN4S/c1-3-22-28-23(20-13-16(2)30-24(20)29-22)26-12-4-5-17-6-9-19(10-7-17)21-11-8-18(14-25)15-27-21/h6-11,13,15H,3-5,12,14H2,1-2H3,(H,26,28,29). The minimum Gasteiger partial charge on any atom is -0.369 e. The van der Waals surface area contributed by atoms with Crippen molar-refractivity contribution in [2.24, 2.45) is 0 Å². The highest BCUT2D eigenvalue weighted by Crippen LogP contribution is 2.28. The normalized spacial score (nSPS) is 11.2. The molecule has 1 N–H and O–H groups in total. The number of alkyl halides is 1. The fourth-order valence-corrected chi connectivity index (χ4v) is 4.29. The van der Waals surface area contributed by atoms with E-state index in [-0.39, 0.29) is 0 Å². The summed E-state index contributed by atoms with van der Waals surface area (Å²) in [4.78, 5) is 16.0. The van der Waals surface area contributed by atoms with E-state index < -0.39 is 6.67 Å². The van der Waals surface area contributed by atoms with Crippen LogP contribution in [-0.2, 0) is 19.5 Å². The lowest BCUT2D eigenvalue weighted by molar-refractivity contribution is 0.484. The van der Waals surface area contributed by atoms with E-state index in [2.05, 4.69) is 64.4 Å². The van der Waals surface area contributed by atoms with Gasteiger partial charge in [-0.1, -0.05) is 37.3 Å². The van der Waals surface area contributed by atoms with Gasteiger partial charge >= 0.3 is 0 Å². The van der Waals surface area contributed by atoms with Crippen LogP contribution < -0.4 is 5.32 Å². The number of hydrogen-bond acceptors (Lipinski definition) is 5. The van der Waals surface area contributed by atoms with Crippen molar-refractivity contribution in [3.05, 3.63) is 70.5 Å². The molecule has 154 valence electrons. The first-order valence-electron chi connectivity index (χ1n) is 10.3. The largest absolute Gasteiger partial charge is 0.369 e. The van der Waals surface area contributed by atoms with Crippen LogP contribution in [0.4, 0.5) is 10.2 Å². The average molecular weight is 421 g/mol. The fourth-order valence-electron chi connectivity index (χ4n) is 3.39. The Morgan fingerprint density at radius 1 is 1.03 bits per heavy atom. The van der Waals surface area contributed by atoms with Gasteiger partial charge in [0, 0.05) is 35.2 Å². The predicted molar refractivity (Wildman–Crippen MR) is 123 cm³/mol. The van der Waals surface area contributed by atoms with Gasteiger partial charge in [-0.3, -0.25) is 4.98 Å². The summed E-state index contributed by atoms with van der Waals surface area (Å²) in [6.07, 6.45) is 4.43. The molecule has 0 spiro atoms. The number of fused-ring (bicyclic) bond motifs is 1. The molecular weight excluding hydrogens is 395 g/mol.